The van der Waals surface area contributed by atoms with Crippen molar-refractivity contribution in [2.24, 2.45) is 5.41 Å². The Morgan fingerprint density at radius 3 is 2.58 bits per heavy atom. The maximum absolute atomic E-state index is 11.4. The molecule has 1 rings (SSSR count). The van der Waals surface area contributed by atoms with E-state index in [1.165, 1.54) is 0 Å². The lowest BCUT2D eigenvalue weighted by Gasteiger charge is -2.20. The van der Waals surface area contributed by atoms with Crippen LogP contribution >= 0.6 is 0 Å². The monoisotopic (exact) mass is 169 g/mol. The van der Waals surface area contributed by atoms with Crippen LogP contribution in [0.2, 0.25) is 0 Å². The molecule has 1 aliphatic heterocycles. The van der Waals surface area contributed by atoms with Gasteiger partial charge in [-0.05, 0) is 6.08 Å². The fourth-order valence-electron chi connectivity index (χ4n) is 0.772. The number of rotatable bonds is 1. The van der Waals surface area contributed by atoms with Crippen LogP contribution in [0, 0.1) is 5.41 Å². The SMILES string of the molecule is CC(C)(C)C(=O)NC1C=CNN1. The molecule has 68 valence electrons. The van der Waals surface area contributed by atoms with Crippen molar-refractivity contribution in [2.45, 2.75) is 26.9 Å². The lowest BCUT2D eigenvalue weighted by molar-refractivity contribution is -0.129. The van der Waals surface area contributed by atoms with Gasteiger partial charge in [0, 0.05) is 11.6 Å². The zero-order valence-electron chi connectivity index (χ0n) is 7.64. The summed E-state index contributed by atoms with van der Waals surface area (Å²) in [6.45, 7) is 5.65. The maximum Gasteiger partial charge on any atom is 0.226 e. The Kier molecular flexibility index (Phi) is 2.38. The van der Waals surface area contributed by atoms with Crippen molar-refractivity contribution in [1.82, 2.24) is 16.2 Å². The largest absolute Gasteiger partial charge is 0.335 e. The van der Waals surface area contributed by atoms with Crippen molar-refractivity contribution in [1.29, 1.82) is 0 Å². The second-order valence-electron chi connectivity index (χ2n) is 3.85. The Balaban J connectivity index is 2.41. The first-order chi connectivity index (χ1) is 5.50. The van der Waals surface area contributed by atoms with E-state index >= 15 is 0 Å². The number of hydrogen-bond donors (Lipinski definition) is 3. The van der Waals surface area contributed by atoms with Crippen LogP contribution in [0.25, 0.3) is 0 Å². The van der Waals surface area contributed by atoms with E-state index < -0.39 is 0 Å². The average molecular weight is 169 g/mol. The number of amides is 1. The van der Waals surface area contributed by atoms with Crippen molar-refractivity contribution in [3.8, 4) is 0 Å². The molecule has 1 atom stereocenters. The molecular weight excluding hydrogens is 154 g/mol. The first-order valence-corrected chi connectivity index (χ1v) is 3.99. The van der Waals surface area contributed by atoms with Crippen LogP contribution in [0.5, 0.6) is 0 Å². The lowest BCUT2D eigenvalue weighted by atomic mass is 9.95. The van der Waals surface area contributed by atoms with Gasteiger partial charge >= 0.3 is 0 Å². The normalized spacial score (nSPS) is 22.1. The lowest BCUT2D eigenvalue weighted by Crippen LogP contribution is -2.48. The molecule has 0 fully saturated rings. The number of nitrogens with one attached hydrogen (secondary N) is 3. The van der Waals surface area contributed by atoms with Gasteiger partial charge in [-0.3, -0.25) is 4.79 Å². The van der Waals surface area contributed by atoms with Gasteiger partial charge < -0.3 is 10.7 Å². The quantitative estimate of drug-likeness (QED) is 0.521. The van der Waals surface area contributed by atoms with Crippen molar-refractivity contribution in [3.63, 3.8) is 0 Å². The third-order valence-electron chi connectivity index (χ3n) is 1.58. The second-order valence-corrected chi connectivity index (χ2v) is 3.85. The third kappa shape index (κ3) is 2.23. The molecule has 0 aromatic carbocycles. The molecule has 4 nitrogen and oxygen atoms in total. The molecule has 0 spiro atoms. The average Bonchev–Trinajstić information content (AvgIpc) is 2.37. The van der Waals surface area contributed by atoms with Crippen LogP contribution in [0.4, 0.5) is 0 Å². The Morgan fingerprint density at radius 2 is 2.17 bits per heavy atom. The van der Waals surface area contributed by atoms with Gasteiger partial charge in [0.2, 0.25) is 5.91 Å². The standard InChI is InChI=1S/C8H15N3O/c1-8(2,3)7(12)10-6-4-5-9-11-6/h4-6,9,11H,1-3H3,(H,10,12). The van der Waals surface area contributed by atoms with Gasteiger partial charge in [0.25, 0.3) is 0 Å². The molecule has 0 bridgehead atoms. The van der Waals surface area contributed by atoms with Gasteiger partial charge in [-0.15, -0.1) is 0 Å². The molecule has 0 aromatic heterocycles. The Hall–Kier alpha value is -1.03. The molecule has 0 saturated heterocycles. The molecular formula is C8H15N3O. The van der Waals surface area contributed by atoms with Crippen LogP contribution in [0.15, 0.2) is 12.3 Å². The summed E-state index contributed by atoms with van der Waals surface area (Å²) < 4.78 is 0. The number of hydrogen-bond acceptors (Lipinski definition) is 3. The number of carbonyl (C=O) groups is 1. The molecule has 4 heteroatoms. The van der Waals surface area contributed by atoms with Crippen LogP contribution in [0.3, 0.4) is 0 Å². The summed E-state index contributed by atoms with van der Waals surface area (Å²) in [4.78, 5) is 11.4. The Labute approximate surface area is 72.4 Å². The molecule has 1 unspecified atom stereocenters. The highest BCUT2D eigenvalue weighted by atomic mass is 16.2. The number of carbonyl (C=O) groups excluding carboxylic acids is 1. The van der Waals surface area contributed by atoms with E-state index in [0.29, 0.717) is 0 Å². The fraction of sp³-hybridized carbons (Fsp3) is 0.625. The predicted octanol–water partition coefficient (Wildman–Crippen LogP) is 0.0963. The zero-order chi connectivity index (χ0) is 9.19. The minimum atomic E-state index is -0.335. The summed E-state index contributed by atoms with van der Waals surface area (Å²) in [6, 6.07) is 0. The van der Waals surface area contributed by atoms with Crippen molar-refractivity contribution < 1.29 is 4.79 Å². The van der Waals surface area contributed by atoms with Crippen LogP contribution in [-0.2, 0) is 4.79 Å². The minimum Gasteiger partial charge on any atom is -0.335 e. The van der Waals surface area contributed by atoms with Crippen molar-refractivity contribution in [2.75, 3.05) is 0 Å². The van der Waals surface area contributed by atoms with Crippen LogP contribution in [-0.4, -0.2) is 12.1 Å². The summed E-state index contributed by atoms with van der Waals surface area (Å²) in [5.41, 5.74) is 5.32. The summed E-state index contributed by atoms with van der Waals surface area (Å²) in [7, 11) is 0. The molecule has 12 heavy (non-hydrogen) atoms. The van der Waals surface area contributed by atoms with Gasteiger partial charge in [-0.1, -0.05) is 20.8 Å². The summed E-state index contributed by atoms with van der Waals surface area (Å²) >= 11 is 0. The topological polar surface area (TPSA) is 53.2 Å². The highest BCUT2D eigenvalue weighted by Crippen LogP contribution is 2.12. The minimum absolute atomic E-state index is 0.0355. The highest BCUT2D eigenvalue weighted by molar-refractivity contribution is 5.81. The van der Waals surface area contributed by atoms with E-state index in [-0.39, 0.29) is 17.5 Å². The Bertz CT molecular complexity index is 205. The van der Waals surface area contributed by atoms with Gasteiger partial charge in [0.05, 0.1) is 0 Å². The van der Waals surface area contributed by atoms with E-state index in [1.807, 2.05) is 26.8 Å². The molecule has 3 N–H and O–H groups in total. The first kappa shape index (κ1) is 9.06. The van der Waals surface area contributed by atoms with Gasteiger partial charge in [-0.2, -0.15) is 0 Å². The third-order valence-corrected chi connectivity index (χ3v) is 1.58. The van der Waals surface area contributed by atoms with E-state index in [9.17, 15) is 4.79 Å². The summed E-state index contributed by atoms with van der Waals surface area (Å²) in [5.74, 6) is 0.0355. The van der Waals surface area contributed by atoms with E-state index in [1.54, 1.807) is 6.20 Å². The van der Waals surface area contributed by atoms with Gasteiger partial charge in [0.1, 0.15) is 6.17 Å². The van der Waals surface area contributed by atoms with Gasteiger partial charge in [0.15, 0.2) is 0 Å². The first-order valence-electron chi connectivity index (χ1n) is 3.99. The molecule has 1 amide bonds. The van der Waals surface area contributed by atoms with E-state index in [4.69, 9.17) is 0 Å². The van der Waals surface area contributed by atoms with Crippen molar-refractivity contribution >= 4 is 5.91 Å². The smallest absolute Gasteiger partial charge is 0.226 e. The molecule has 1 aliphatic rings. The fourth-order valence-corrected chi connectivity index (χ4v) is 0.772. The van der Waals surface area contributed by atoms with E-state index in [0.717, 1.165) is 0 Å². The highest BCUT2D eigenvalue weighted by Gasteiger charge is 2.23. The molecule has 0 aromatic rings. The van der Waals surface area contributed by atoms with Crippen LogP contribution in [0.1, 0.15) is 20.8 Å². The molecule has 0 radical (unpaired) electrons. The summed E-state index contributed by atoms with van der Waals surface area (Å²) in [5, 5.41) is 2.82. The number of hydrazine groups is 1. The summed E-state index contributed by atoms with van der Waals surface area (Å²) in [6.07, 6.45) is 3.52. The van der Waals surface area contributed by atoms with Gasteiger partial charge in [-0.25, -0.2) is 5.43 Å². The zero-order valence-corrected chi connectivity index (χ0v) is 7.64. The molecule has 0 aliphatic carbocycles. The van der Waals surface area contributed by atoms with E-state index in [2.05, 4.69) is 16.2 Å². The predicted molar refractivity (Wildman–Crippen MR) is 46.8 cm³/mol. The van der Waals surface area contributed by atoms with Crippen LogP contribution < -0.4 is 16.2 Å². The second kappa shape index (κ2) is 3.15. The molecule has 1 heterocycles. The molecule has 0 saturated carbocycles. The Morgan fingerprint density at radius 1 is 1.50 bits per heavy atom. The van der Waals surface area contributed by atoms with Crippen molar-refractivity contribution in [3.05, 3.63) is 12.3 Å². The maximum atomic E-state index is 11.4.